The molecule has 0 saturated carbocycles. The third kappa shape index (κ3) is 2.40. The smallest absolute Gasteiger partial charge is 0.326 e. The van der Waals surface area contributed by atoms with Gasteiger partial charge in [-0.1, -0.05) is 24.8 Å². The van der Waals surface area contributed by atoms with Gasteiger partial charge in [0, 0.05) is 16.8 Å². The van der Waals surface area contributed by atoms with E-state index in [1.807, 2.05) is 0 Å². The van der Waals surface area contributed by atoms with Crippen LogP contribution in [0.3, 0.4) is 0 Å². The molecule has 2 rings (SSSR count). The van der Waals surface area contributed by atoms with Crippen molar-refractivity contribution in [3.8, 4) is 0 Å². The fraction of sp³-hybridized carbons (Fsp3) is 0.214. The van der Waals surface area contributed by atoms with Crippen molar-refractivity contribution in [2.24, 2.45) is 5.73 Å². The lowest BCUT2D eigenvalue weighted by atomic mass is 10.1. The number of amides is 2. The van der Waals surface area contributed by atoms with Gasteiger partial charge < -0.3 is 10.5 Å². The first-order chi connectivity index (χ1) is 9.41. The summed E-state index contributed by atoms with van der Waals surface area (Å²) in [4.78, 5) is 35.9. The first-order valence-electron chi connectivity index (χ1n) is 6.00. The Hall–Kier alpha value is -2.63. The van der Waals surface area contributed by atoms with Crippen LogP contribution in [-0.2, 0) is 14.3 Å². The molecule has 0 radical (unpaired) electrons. The third-order valence-corrected chi connectivity index (χ3v) is 3.04. The Kier molecular flexibility index (Phi) is 3.56. The van der Waals surface area contributed by atoms with E-state index in [1.165, 1.54) is 11.8 Å². The van der Waals surface area contributed by atoms with Gasteiger partial charge in [0.05, 0.1) is 0 Å². The maximum atomic E-state index is 12.1. The number of carbonyl (C=O) groups is 3. The molecule has 6 nitrogen and oxygen atoms in total. The molecule has 6 heteroatoms. The van der Waals surface area contributed by atoms with Crippen molar-refractivity contribution in [1.29, 1.82) is 0 Å². The fourth-order valence-corrected chi connectivity index (χ4v) is 1.92. The molecule has 1 unspecified atom stereocenters. The number of ether oxygens (including phenoxy) is 1. The van der Waals surface area contributed by atoms with Gasteiger partial charge in [-0.25, -0.2) is 0 Å². The van der Waals surface area contributed by atoms with Crippen LogP contribution >= 0.6 is 0 Å². The van der Waals surface area contributed by atoms with E-state index in [1.54, 1.807) is 24.3 Å². The molecule has 0 bridgehead atoms. The molecule has 1 aromatic rings. The van der Waals surface area contributed by atoms with E-state index in [9.17, 15) is 14.4 Å². The van der Waals surface area contributed by atoms with Crippen molar-refractivity contribution in [2.45, 2.75) is 13.0 Å². The quantitative estimate of drug-likeness (QED) is 0.811. The fourth-order valence-electron chi connectivity index (χ4n) is 1.92. The van der Waals surface area contributed by atoms with E-state index in [-0.39, 0.29) is 12.5 Å². The lowest BCUT2D eigenvalue weighted by molar-refractivity contribution is -0.153. The summed E-state index contributed by atoms with van der Waals surface area (Å²) in [5.41, 5.74) is 6.62. The average molecular weight is 274 g/mol. The number of hydrogen-bond acceptors (Lipinski definition) is 4. The number of nitrogens with two attached hydrogens (primary N) is 1. The van der Waals surface area contributed by atoms with Gasteiger partial charge in [-0.2, -0.15) is 0 Å². The van der Waals surface area contributed by atoms with E-state index in [4.69, 9.17) is 10.5 Å². The van der Waals surface area contributed by atoms with Gasteiger partial charge in [0.25, 0.3) is 11.8 Å². The molecule has 104 valence electrons. The molecule has 1 aromatic carbocycles. The molecule has 0 saturated heterocycles. The van der Waals surface area contributed by atoms with Gasteiger partial charge in [0.2, 0.25) is 0 Å². The number of carbonyl (C=O) groups excluding carboxylic acids is 3. The number of rotatable bonds is 4. The minimum Gasteiger partial charge on any atom is -0.451 e. The highest BCUT2D eigenvalue weighted by atomic mass is 16.5. The number of hydrogen-bond donors (Lipinski definition) is 1. The minimum absolute atomic E-state index is 0.302. The van der Waals surface area contributed by atoms with Gasteiger partial charge in [-0.15, -0.1) is 0 Å². The van der Waals surface area contributed by atoms with E-state index >= 15 is 0 Å². The molecule has 2 N–H and O–H groups in total. The lowest BCUT2D eigenvalue weighted by Gasteiger charge is -2.17. The first-order valence-corrected chi connectivity index (χ1v) is 6.00. The van der Waals surface area contributed by atoms with E-state index in [2.05, 4.69) is 6.58 Å². The standard InChI is InChI=1S/C14H14N2O4/c1-8-10-5-3-4-6-11(10)14(19)16(8)7-12(17)20-9(2)13(15)18/h3-6,9H,1,7H2,2H3,(H2,15,18). The first kappa shape index (κ1) is 13.8. The highest BCUT2D eigenvalue weighted by Crippen LogP contribution is 2.30. The topological polar surface area (TPSA) is 89.7 Å². The van der Waals surface area contributed by atoms with Crippen molar-refractivity contribution in [2.75, 3.05) is 6.54 Å². The second-order valence-electron chi connectivity index (χ2n) is 4.42. The van der Waals surface area contributed by atoms with Crippen LogP contribution in [0.2, 0.25) is 0 Å². The zero-order valence-corrected chi connectivity index (χ0v) is 11.0. The van der Waals surface area contributed by atoms with Crippen LogP contribution in [0.15, 0.2) is 30.8 Å². The van der Waals surface area contributed by atoms with Crippen LogP contribution in [0.4, 0.5) is 0 Å². The Balaban J connectivity index is 2.09. The molecule has 20 heavy (non-hydrogen) atoms. The van der Waals surface area contributed by atoms with Crippen LogP contribution in [0.25, 0.3) is 5.70 Å². The van der Waals surface area contributed by atoms with Crippen molar-refractivity contribution < 1.29 is 19.1 Å². The summed E-state index contributed by atoms with van der Waals surface area (Å²) in [6.45, 7) is 4.87. The lowest BCUT2D eigenvalue weighted by Crippen LogP contribution is -2.36. The van der Waals surface area contributed by atoms with E-state index in [0.29, 0.717) is 16.8 Å². The Morgan fingerprint density at radius 1 is 1.35 bits per heavy atom. The molecule has 0 fully saturated rings. The summed E-state index contributed by atoms with van der Waals surface area (Å²) in [7, 11) is 0. The highest BCUT2D eigenvalue weighted by Gasteiger charge is 2.32. The number of esters is 1. The van der Waals surface area contributed by atoms with Crippen molar-refractivity contribution >= 4 is 23.5 Å². The summed E-state index contributed by atoms with van der Waals surface area (Å²) in [5, 5.41) is 0. The summed E-state index contributed by atoms with van der Waals surface area (Å²) in [6.07, 6.45) is -1.03. The van der Waals surface area contributed by atoms with Crippen LogP contribution < -0.4 is 5.73 Å². The molecule has 1 heterocycles. The molecule has 1 aliphatic rings. The van der Waals surface area contributed by atoms with Crippen LogP contribution in [0, 0.1) is 0 Å². The van der Waals surface area contributed by atoms with E-state index < -0.39 is 18.0 Å². The van der Waals surface area contributed by atoms with Gasteiger partial charge in [0.1, 0.15) is 6.54 Å². The van der Waals surface area contributed by atoms with Gasteiger partial charge in [-0.05, 0) is 13.0 Å². The van der Waals surface area contributed by atoms with E-state index in [0.717, 1.165) is 0 Å². The van der Waals surface area contributed by atoms with Gasteiger partial charge in [-0.3, -0.25) is 19.3 Å². The number of primary amides is 1. The summed E-state index contributed by atoms with van der Waals surface area (Å²) in [6, 6.07) is 6.95. The normalized spacial score (nSPS) is 14.9. The Bertz CT molecular complexity index is 574. The minimum atomic E-state index is -1.03. The van der Waals surface area contributed by atoms with Crippen LogP contribution in [-0.4, -0.2) is 35.3 Å². The molecule has 0 aromatic heterocycles. The highest BCUT2D eigenvalue weighted by molar-refractivity contribution is 6.10. The second kappa shape index (κ2) is 5.16. The van der Waals surface area contributed by atoms with Gasteiger partial charge >= 0.3 is 5.97 Å². The van der Waals surface area contributed by atoms with Crippen molar-refractivity contribution in [3.05, 3.63) is 42.0 Å². The molecule has 0 spiro atoms. The third-order valence-electron chi connectivity index (χ3n) is 3.04. The van der Waals surface area contributed by atoms with Crippen molar-refractivity contribution in [3.63, 3.8) is 0 Å². The zero-order valence-electron chi connectivity index (χ0n) is 11.0. The number of benzene rings is 1. The molecule has 1 aliphatic heterocycles. The number of fused-ring (bicyclic) bond motifs is 1. The Morgan fingerprint density at radius 2 is 1.95 bits per heavy atom. The number of nitrogens with zero attached hydrogens (tertiary/aromatic N) is 1. The Morgan fingerprint density at radius 3 is 2.50 bits per heavy atom. The SMILES string of the molecule is C=C1c2ccccc2C(=O)N1CC(=O)OC(C)C(N)=O. The molecular formula is C14H14N2O4. The molecule has 0 aliphatic carbocycles. The summed E-state index contributed by atoms with van der Waals surface area (Å²) in [5.74, 6) is -1.76. The maximum absolute atomic E-state index is 12.1. The van der Waals surface area contributed by atoms with Gasteiger partial charge in [0.15, 0.2) is 6.10 Å². The average Bonchev–Trinajstić information content (AvgIpc) is 2.64. The Labute approximate surface area is 115 Å². The van der Waals surface area contributed by atoms with Crippen LogP contribution in [0.5, 0.6) is 0 Å². The maximum Gasteiger partial charge on any atom is 0.326 e. The molecule has 1 atom stereocenters. The second-order valence-corrected chi connectivity index (χ2v) is 4.42. The zero-order chi connectivity index (χ0) is 14.9. The predicted octanol–water partition coefficient (Wildman–Crippen LogP) is 0.530. The predicted molar refractivity (Wildman–Crippen MR) is 71.3 cm³/mol. The summed E-state index contributed by atoms with van der Waals surface area (Å²) < 4.78 is 4.82. The summed E-state index contributed by atoms with van der Waals surface area (Å²) >= 11 is 0. The molecular weight excluding hydrogens is 260 g/mol. The largest absolute Gasteiger partial charge is 0.451 e. The van der Waals surface area contributed by atoms with Crippen molar-refractivity contribution in [1.82, 2.24) is 4.90 Å². The van der Waals surface area contributed by atoms with Crippen LogP contribution in [0.1, 0.15) is 22.8 Å². The monoisotopic (exact) mass is 274 g/mol. The molecule has 2 amide bonds.